The molecule has 0 saturated carbocycles. The summed E-state index contributed by atoms with van der Waals surface area (Å²) in [7, 11) is 0. The minimum absolute atomic E-state index is 0.0442. The highest BCUT2D eigenvalue weighted by atomic mass is 16.5. The van der Waals surface area contributed by atoms with E-state index in [1.807, 2.05) is 0 Å². The first kappa shape index (κ1) is 11.1. The number of aliphatic hydroxyl groups excluding tert-OH is 1. The smallest absolute Gasteiger partial charge is 0.308 e. The number of aliphatic hydroxyl groups is 1. The van der Waals surface area contributed by atoms with Gasteiger partial charge in [-0.1, -0.05) is 45.8 Å². The molecule has 0 amide bonds. The molecule has 1 heterocycles. The van der Waals surface area contributed by atoms with Gasteiger partial charge in [-0.15, -0.1) is 0 Å². The van der Waals surface area contributed by atoms with Gasteiger partial charge in [0.2, 0.25) is 1.43 Å². The Hall–Kier alpha value is -1.62. The fraction of sp³-hybridized carbons (Fsp3) is 0.750. The van der Waals surface area contributed by atoms with Gasteiger partial charge < -0.3 is 14.6 Å². The number of rotatable bonds is 7. The molecule has 0 bridgehead atoms. The van der Waals surface area contributed by atoms with Gasteiger partial charge in [0.05, 0.1) is 22.5 Å². The van der Waals surface area contributed by atoms with Crippen LogP contribution in [0.25, 0.3) is 0 Å². The summed E-state index contributed by atoms with van der Waals surface area (Å²) in [5.41, 5.74) is -0.472. The van der Waals surface area contributed by atoms with Crippen LogP contribution in [0.15, 0.2) is 23.7 Å². The Kier molecular flexibility index (Phi) is 3.63. The molecule has 0 aromatic carbocycles. The molecule has 0 aromatic heterocycles. The number of carbonyl (C=O) groups is 2. The van der Waals surface area contributed by atoms with Crippen molar-refractivity contribution in [2.75, 3.05) is 0 Å². The van der Waals surface area contributed by atoms with Crippen LogP contribution in [0.3, 0.4) is 0 Å². The normalized spacial score (nSPS) is 53.2. The Balaban J connectivity index is 2.23. The van der Waals surface area contributed by atoms with E-state index in [0.717, 1.165) is 0 Å². The molecule has 1 unspecified atom stereocenters. The molecule has 0 radical (unpaired) electrons. The van der Waals surface area contributed by atoms with E-state index in [0.29, 0.717) is 0 Å². The molecule has 1 saturated heterocycles. The Bertz CT molecular complexity index is 1130. The van der Waals surface area contributed by atoms with E-state index in [-0.39, 0.29) is 32.1 Å². The Morgan fingerprint density at radius 1 is 1.62 bits per heavy atom. The molecule has 5 heteroatoms. The molecule has 8 atom stereocenters. The van der Waals surface area contributed by atoms with E-state index in [4.69, 9.17) is 26.0 Å². The van der Waals surface area contributed by atoms with Crippen LogP contribution in [0.5, 0.6) is 0 Å². The van der Waals surface area contributed by atoms with Crippen LogP contribution in [0, 0.1) is 29.5 Å². The van der Waals surface area contributed by atoms with Crippen molar-refractivity contribution in [3.05, 3.63) is 23.7 Å². The molecular weight excluding hydrogens is 368 g/mol. The first-order valence-corrected chi connectivity index (χ1v) is 10.0. The second-order valence-electron chi connectivity index (χ2n) is 7.83. The van der Waals surface area contributed by atoms with Gasteiger partial charge in [-0.05, 0) is 48.9 Å². The maximum absolute atomic E-state index is 13.1. The number of cyclic esters (lactones) is 1. The molecule has 1 N–H and O–H groups in total. The highest BCUT2D eigenvalue weighted by Crippen LogP contribution is 2.45. The predicted molar refractivity (Wildman–Crippen MR) is 111 cm³/mol. The fourth-order valence-corrected chi connectivity index (χ4v) is 3.94. The zero-order valence-corrected chi connectivity index (χ0v) is 17.0. The van der Waals surface area contributed by atoms with E-state index in [1.54, 1.807) is 0 Å². The molecule has 2 aliphatic carbocycles. The maximum Gasteiger partial charge on any atom is 0.308 e. The van der Waals surface area contributed by atoms with Crippen molar-refractivity contribution in [1.82, 2.24) is 0 Å². The molecule has 3 aliphatic rings. The van der Waals surface area contributed by atoms with Crippen molar-refractivity contribution >= 4 is 11.9 Å². The van der Waals surface area contributed by atoms with Crippen LogP contribution in [0.2, 0.25) is 0 Å². The second kappa shape index (κ2) is 9.46. The highest BCUT2D eigenvalue weighted by molar-refractivity contribution is 5.72. The molecule has 29 heavy (non-hydrogen) atoms. The Labute approximate surface area is 191 Å². The number of carbonyl (C=O) groups excluding carboxylic acids is 2. The summed E-state index contributed by atoms with van der Waals surface area (Å²) in [6.07, 6.45) is -6.90. The van der Waals surface area contributed by atoms with Gasteiger partial charge in [0, 0.05) is 23.3 Å². The van der Waals surface area contributed by atoms with Crippen LogP contribution in [-0.2, 0) is 19.1 Å². The summed E-state index contributed by atoms with van der Waals surface area (Å²) in [5, 5.41) is 4.56. The van der Waals surface area contributed by atoms with Crippen molar-refractivity contribution in [3.8, 4) is 0 Å². The lowest BCUT2D eigenvalue weighted by Gasteiger charge is -2.43. The largest absolute Gasteiger partial charge is 0.462 e. The molecule has 162 valence electrons. The summed E-state index contributed by atoms with van der Waals surface area (Å²) < 4.78 is 112. The summed E-state index contributed by atoms with van der Waals surface area (Å²) in [6, 6.07) is -2.38. The number of esters is 2. The molecular formula is C24H36O5. The molecule has 5 nitrogen and oxygen atoms in total. The number of hydrogen-bond donors (Lipinski definition) is 1. The van der Waals surface area contributed by atoms with Crippen molar-refractivity contribution in [1.29, 1.82) is 1.43 Å². The third-order valence-corrected chi connectivity index (χ3v) is 5.72. The topological polar surface area (TPSA) is 72.8 Å². The lowest BCUT2D eigenvalue weighted by molar-refractivity contribution is -0.162. The van der Waals surface area contributed by atoms with Crippen molar-refractivity contribution in [2.24, 2.45) is 29.5 Å². The first-order valence-electron chi connectivity index (χ1n) is 15.9. The molecule has 1 fully saturated rings. The summed E-state index contributed by atoms with van der Waals surface area (Å²) in [5.74, 6) is -11.6. The lowest BCUT2D eigenvalue weighted by Crippen LogP contribution is -2.42. The van der Waals surface area contributed by atoms with Gasteiger partial charge in [-0.2, -0.15) is 0 Å². The quantitative estimate of drug-likeness (QED) is 0.630. The van der Waals surface area contributed by atoms with Gasteiger partial charge >= 0.3 is 11.9 Å². The zero-order chi connectivity index (χ0) is 31.5. The maximum atomic E-state index is 13.1. The van der Waals surface area contributed by atoms with Crippen LogP contribution >= 0.6 is 0 Å². The predicted octanol–water partition coefficient (Wildman–Crippen LogP) is 4.20. The van der Waals surface area contributed by atoms with Crippen LogP contribution in [0.1, 0.15) is 81.2 Å². The third-order valence-electron chi connectivity index (χ3n) is 5.72. The average molecular weight is 417 g/mol. The summed E-state index contributed by atoms with van der Waals surface area (Å²) >= 11 is 0. The Morgan fingerprint density at radius 2 is 2.45 bits per heavy atom. The van der Waals surface area contributed by atoms with Gasteiger partial charge in [-0.3, -0.25) is 9.59 Å². The van der Waals surface area contributed by atoms with Gasteiger partial charge in [-0.25, -0.2) is 0 Å². The number of ether oxygens (including phenoxy) is 2. The van der Waals surface area contributed by atoms with E-state index in [1.165, 1.54) is 20.8 Å². The molecule has 1 aliphatic heterocycles. The minimum Gasteiger partial charge on any atom is -0.462 e. The van der Waals surface area contributed by atoms with Crippen molar-refractivity contribution in [3.63, 3.8) is 0 Å². The summed E-state index contributed by atoms with van der Waals surface area (Å²) in [4.78, 5) is 25.1. The second-order valence-corrected chi connectivity index (χ2v) is 7.83. The minimum atomic E-state index is -3.47. The summed E-state index contributed by atoms with van der Waals surface area (Å²) in [6.45, 7) is 0.589. The monoisotopic (exact) mass is 416 g/mol. The van der Waals surface area contributed by atoms with Gasteiger partial charge in [0.1, 0.15) is 12.2 Å². The average Bonchev–Trinajstić information content (AvgIpc) is 2.86. The van der Waals surface area contributed by atoms with Crippen LogP contribution < -0.4 is 0 Å². The Morgan fingerprint density at radius 3 is 3.17 bits per heavy atom. The van der Waals surface area contributed by atoms with E-state index in [2.05, 4.69) is 5.11 Å². The van der Waals surface area contributed by atoms with Gasteiger partial charge in [0.25, 0.3) is 0 Å². The standard InChI is InChI=1S/C24H36O5/c1-5-15(3)24(27)29-21-11-14(2)10-17-7-6-16(4)20(23(17)21)9-8-19-12-18(25)13-22(26)28-19/h6-7,10,14-16,18-21,23,25H,5,8-9,11-13H2,1-4H3/t14-,15-,16-,18+,19?,20-,21-,23-/m0/s1/i2D3,6D,7D,10D,11D2,14D,15D,16D,25D. The van der Waals surface area contributed by atoms with Gasteiger partial charge in [0.15, 0.2) is 0 Å². The number of allylic oxidation sites excluding steroid dienone is 3. The molecule has 0 spiro atoms. The third kappa shape index (κ3) is 5.30. The fourth-order valence-electron chi connectivity index (χ4n) is 3.94. The van der Waals surface area contributed by atoms with E-state index in [9.17, 15) is 9.59 Å². The number of hydrogen-bond acceptors (Lipinski definition) is 5. The van der Waals surface area contributed by atoms with E-state index < -0.39 is 96.7 Å². The lowest BCUT2D eigenvalue weighted by atomic mass is 9.65. The first-order chi connectivity index (χ1) is 18.6. The van der Waals surface area contributed by atoms with Crippen LogP contribution in [0.4, 0.5) is 0 Å². The van der Waals surface area contributed by atoms with E-state index >= 15 is 0 Å². The molecule has 3 rings (SSSR count). The zero-order valence-electron chi connectivity index (χ0n) is 29.0. The highest BCUT2D eigenvalue weighted by Gasteiger charge is 2.42. The van der Waals surface area contributed by atoms with Crippen molar-refractivity contribution in [2.45, 2.75) is 84.4 Å². The van der Waals surface area contributed by atoms with Crippen molar-refractivity contribution < 1.29 is 39.2 Å². The SMILES string of the molecule is [2H]O[C@H]1CC(=O)OC(CC[C@@H]2[C@@H]3C(=C([2H])[C@]([2H])(C([2H])([2H])[2H])C([2H])([2H])[C@@H]3OC(=O)[C@@]([2H])(C)CC)C([2H])=C([2H])[C@]2([2H])C)C1. The molecule has 0 aromatic rings. The number of fused-ring (bicyclic) bond motifs is 1. The van der Waals surface area contributed by atoms with Crippen LogP contribution in [-0.4, -0.2) is 36.8 Å².